The molecular formula is C14H15ClN2O2PS2+. The minimum atomic E-state index is -1.54. The Balaban J connectivity index is 2.02. The molecule has 0 aliphatic heterocycles. The van der Waals surface area contributed by atoms with E-state index in [0.29, 0.717) is 16.5 Å². The van der Waals surface area contributed by atoms with Crippen LogP contribution in [0.4, 0.5) is 0 Å². The van der Waals surface area contributed by atoms with Crippen molar-refractivity contribution in [3.63, 3.8) is 0 Å². The van der Waals surface area contributed by atoms with Gasteiger partial charge in [-0.2, -0.15) is 0 Å². The molecule has 0 amide bonds. The standard InChI is InChI=1S/C14H15ClN2O2PS2/c15-12-8-6-11(7-9-12)10-22(14(16)17)19-20(21)18-13-4-2-1-3-5-13/h1-9H,10,16-17H2/q+1. The van der Waals surface area contributed by atoms with Crippen molar-refractivity contribution in [2.45, 2.75) is 5.75 Å². The van der Waals surface area contributed by atoms with Gasteiger partial charge in [0.15, 0.2) is 5.75 Å². The summed E-state index contributed by atoms with van der Waals surface area (Å²) in [6.07, 6.45) is 0. The first-order chi connectivity index (χ1) is 10.5. The summed E-state index contributed by atoms with van der Waals surface area (Å²) < 4.78 is 11.3. The van der Waals surface area contributed by atoms with Crippen LogP contribution in [0.2, 0.25) is 5.02 Å². The number of para-hydroxylation sites is 1. The van der Waals surface area contributed by atoms with Gasteiger partial charge >= 0.3 is 7.15 Å². The third kappa shape index (κ3) is 5.74. The minimum Gasteiger partial charge on any atom is -0.287 e. The second-order valence-electron chi connectivity index (χ2n) is 4.22. The molecule has 0 bridgehead atoms. The van der Waals surface area contributed by atoms with Gasteiger partial charge in [0, 0.05) is 21.5 Å². The van der Waals surface area contributed by atoms with Crippen LogP contribution in [0.25, 0.3) is 0 Å². The van der Waals surface area contributed by atoms with Crippen LogP contribution in [0.5, 0.6) is 5.75 Å². The zero-order valence-corrected chi connectivity index (χ0v) is 14.8. The largest absolute Gasteiger partial charge is 0.586 e. The van der Waals surface area contributed by atoms with E-state index in [2.05, 4.69) is 0 Å². The molecule has 4 N–H and O–H groups in total. The van der Waals surface area contributed by atoms with E-state index in [1.807, 2.05) is 54.6 Å². The van der Waals surface area contributed by atoms with Gasteiger partial charge in [-0.25, -0.2) is 4.52 Å². The molecule has 0 aliphatic rings. The van der Waals surface area contributed by atoms with Crippen LogP contribution < -0.4 is 16.0 Å². The highest BCUT2D eigenvalue weighted by molar-refractivity contribution is 8.16. The maximum atomic E-state index is 5.87. The van der Waals surface area contributed by atoms with E-state index in [1.54, 1.807) is 0 Å². The van der Waals surface area contributed by atoms with Gasteiger partial charge in [-0.15, -0.1) is 0 Å². The molecule has 2 rings (SSSR count). The smallest absolute Gasteiger partial charge is 0.287 e. The van der Waals surface area contributed by atoms with Gasteiger partial charge in [-0.3, -0.25) is 11.5 Å². The Labute approximate surface area is 143 Å². The van der Waals surface area contributed by atoms with Crippen LogP contribution >= 0.6 is 29.5 Å². The molecule has 8 heteroatoms. The molecule has 0 fully saturated rings. The van der Waals surface area contributed by atoms with Crippen molar-refractivity contribution in [1.82, 2.24) is 0 Å². The molecule has 0 saturated carbocycles. The summed E-state index contributed by atoms with van der Waals surface area (Å²) in [4.78, 5) is 0. The normalized spacial score (nSPS) is 12.6. The second kappa shape index (κ2) is 8.70. The topological polar surface area (TPSA) is 70.5 Å². The quantitative estimate of drug-likeness (QED) is 0.593. The first kappa shape index (κ1) is 17.5. The lowest BCUT2D eigenvalue weighted by molar-refractivity contribution is 0.549. The second-order valence-corrected chi connectivity index (χ2v) is 8.23. The van der Waals surface area contributed by atoms with Crippen molar-refractivity contribution < 1.29 is 8.49 Å². The number of hydrogen-bond acceptors (Lipinski definition) is 3. The van der Waals surface area contributed by atoms with Crippen LogP contribution in [0, 0.1) is 0 Å². The molecule has 2 aromatic carbocycles. The van der Waals surface area contributed by atoms with Gasteiger partial charge < -0.3 is 0 Å². The highest BCUT2D eigenvalue weighted by Gasteiger charge is 2.20. The Hall–Kier alpha value is -0.850. The van der Waals surface area contributed by atoms with E-state index >= 15 is 0 Å². The van der Waals surface area contributed by atoms with E-state index in [1.165, 1.54) is 0 Å². The summed E-state index contributed by atoms with van der Waals surface area (Å²) in [5.41, 5.74) is 12.5. The van der Waals surface area contributed by atoms with E-state index in [9.17, 15) is 0 Å². The van der Waals surface area contributed by atoms with Crippen LogP contribution in [0.1, 0.15) is 5.56 Å². The number of hydrogen-bond donors (Lipinski definition) is 2. The third-order valence-electron chi connectivity index (χ3n) is 2.55. The van der Waals surface area contributed by atoms with E-state index in [-0.39, 0.29) is 5.11 Å². The fraction of sp³-hybridized carbons (Fsp3) is 0.0714. The Morgan fingerprint density at radius 2 is 1.73 bits per heavy atom. The molecule has 2 atom stereocenters. The highest BCUT2D eigenvalue weighted by atomic mass is 35.5. The van der Waals surface area contributed by atoms with E-state index < -0.39 is 17.9 Å². The Morgan fingerprint density at radius 3 is 2.32 bits per heavy atom. The molecule has 0 heterocycles. The minimum absolute atomic E-state index is 0.198. The van der Waals surface area contributed by atoms with E-state index in [0.717, 1.165) is 5.56 Å². The molecule has 0 aliphatic carbocycles. The molecule has 0 radical (unpaired) electrons. The Morgan fingerprint density at radius 1 is 1.09 bits per heavy atom. The van der Waals surface area contributed by atoms with Crippen molar-refractivity contribution >= 4 is 46.4 Å². The summed E-state index contributed by atoms with van der Waals surface area (Å²) in [5, 5.41) is 0.871. The molecule has 2 aromatic rings. The lowest BCUT2D eigenvalue weighted by Crippen LogP contribution is -2.23. The summed E-state index contributed by atoms with van der Waals surface area (Å²) in [6.45, 7) is 0. The van der Waals surface area contributed by atoms with Crippen molar-refractivity contribution in [2.75, 3.05) is 0 Å². The van der Waals surface area contributed by atoms with Crippen LogP contribution in [-0.4, -0.2) is 5.11 Å². The SMILES string of the molecule is NC(N)=S(Cc1ccc(Cl)cc1)O[P+](=S)Oc1ccccc1. The Bertz CT molecular complexity index is 677. The van der Waals surface area contributed by atoms with Crippen LogP contribution in [0.3, 0.4) is 0 Å². The van der Waals surface area contributed by atoms with E-state index in [4.69, 9.17) is 43.4 Å². The highest BCUT2D eigenvalue weighted by Crippen LogP contribution is 2.38. The zero-order chi connectivity index (χ0) is 15.9. The molecule has 0 aromatic heterocycles. The predicted octanol–water partition coefficient (Wildman–Crippen LogP) is 3.90. The summed E-state index contributed by atoms with van der Waals surface area (Å²) >= 11 is 11.1. The van der Waals surface area contributed by atoms with Crippen LogP contribution in [0.15, 0.2) is 54.6 Å². The molecular weight excluding hydrogens is 359 g/mol. The maximum Gasteiger partial charge on any atom is 0.586 e. The third-order valence-corrected chi connectivity index (χ3v) is 6.26. The number of halogens is 1. The fourth-order valence-corrected chi connectivity index (χ4v) is 4.81. The average molecular weight is 374 g/mol. The average Bonchev–Trinajstić information content (AvgIpc) is 2.49. The van der Waals surface area contributed by atoms with Crippen LogP contribution in [-0.2, 0) is 21.5 Å². The maximum absolute atomic E-state index is 5.87. The van der Waals surface area contributed by atoms with Crippen molar-refractivity contribution in [3.8, 4) is 5.75 Å². The summed E-state index contributed by atoms with van der Waals surface area (Å²) in [5.74, 6) is 1.20. The lowest BCUT2D eigenvalue weighted by atomic mass is 10.2. The molecule has 0 spiro atoms. The monoisotopic (exact) mass is 373 g/mol. The molecule has 22 heavy (non-hydrogen) atoms. The van der Waals surface area contributed by atoms with Gasteiger partial charge in [-0.1, -0.05) is 45.9 Å². The molecule has 4 nitrogen and oxygen atoms in total. The number of rotatable bonds is 6. The fourth-order valence-electron chi connectivity index (χ4n) is 1.54. The van der Waals surface area contributed by atoms with Gasteiger partial charge in [0.1, 0.15) is 5.11 Å². The number of nitrogens with two attached hydrogens (primary N) is 2. The zero-order valence-electron chi connectivity index (χ0n) is 11.5. The molecule has 116 valence electrons. The van der Waals surface area contributed by atoms with Gasteiger partial charge in [0.2, 0.25) is 11.8 Å². The Kier molecular flexibility index (Phi) is 6.92. The van der Waals surface area contributed by atoms with Gasteiger partial charge in [0.05, 0.1) is 0 Å². The van der Waals surface area contributed by atoms with Crippen molar-refractivity contribution in [3.05, 3.63) is 65.2 Å². The van der Waals surface area contributed by atoms with Gasteiger partial charge in [0.25, 0.3) is 0 Å². The lowest BCUT2D eigenvalue weighted by Gasteiger charge is -2.05. The van der Waals surface area contributed by atoms with Crippen molar-refractivity contribution in [2.24, 2.45) is 11.5 Å². The van der Waals surface area contributed by atoms with Gasteiger partial charge in [-0.05, 0) is 29.8 Å². The molecule has 0 saturated heterocycles. The summed E-state index contributed by atoms with van der Waals surface area (Å²) in [6, 6.07) is 16.7. The first-order valence-electron chi connectivity index (χ1n) is 6.26. The predicted molar refractivity (Wildman–Crippen MR) is 98.6 cm³/mol. The first-order valence-corrected chi connectivity index (χ1v) is 10.2. The molecule has 2 unspecified atom stereocenters. The van der Waals surface area contributed by atoms with Crippen molar-refractivity contribution in [1.29, 1.82) is 0 Å². The summed E-state index contributed by atoms with van der Waals surface area (Å²) in [7, 11) is -2.35. The number of benzene rings is 2.